The summed E-state index contributed by atoms with van der Waals surface area (Å²) in [6.07, 6.45) is -1.92. The first-order valence-corrected chi connectivity index (χ1v) is 6.55. The number of allylic oxidation sites excluding steroid dienone is 1. The lowest BCUT2D eigenvalue weighted by Gasteiger charge is -2.17. The van der Waals surface area contributed by atoms with Gasteiger partial charge in [-0.15, -0.1) is 0 Å². The largest absolute Gasteiger partial charge is 0.508 e. The predicted octanol–water partition coefficient (Wildman–Crippen LogP) is 0.480. The van der Waals surface area contributed by atoms with Crippen LogP contribution in [-0.4, -0.2) is 45.8 Å². The van der Waals surface area contributed by atoms with Crippen LogP contribution in [0.1, 0.15) is 19.3 Å². The molecule has 0 aromatic heterocycles. The zero-order valence-corrected chi connectivity index (χ0v) is 12.4. The van der Waals surface area contributed by atoms with Crippen LogP contribution in [0.15, 0.2) is 11.5 Å². The summed E-state index contributed by atoms with van der Waals surface area (Å²) in [4.78, 5) is 33.2. The highest BCUT2D eigenvalue weighted by molar-refractivity contribution is 14.1. The van der Waals surface area contributed by atoms with E-state index in [2.05, 4.69) is 3.07 Å². The molecule has 1 aliphatic carbocycles. The Hall–Kier alpha value is -1.36. The van der Waals surface area contributed by atoms with Gasteiger partial charge in [0.1, 0.15) is 12.4 Å². The number of esters is 1. The van der Waals surface area contributed by atoms with E-state index in [1.165, 1.54) is 23.0 Å². The Balaban J connectivity index is 2.37. The summed E-state index contributed by atoms with van der Waals surface area (Å²) in [5, 5.41) is 28.3. The van der Waals surface area contributed by atoms with Gasteiger partial charge in [0.2, 0.25) is 5.78 Å². The fraction of sp³-hybridized carbons (Fsp3) is 0.545. The van der Waals surface area contributed by atoms with Crippen LogP contribution in [0.25, 0.3) is 0 Å². The summed E-state index contributed by atoms with van der Waals surface area (Å²) >= 11 is 1.39. The van der Waals surface area contributed by atoms with Crippen molar-refractivity contribution in [3.63, 3.8) is 0 Å². The minimum Gasteiger partial charge on any atom is -0.508 e. The molecule has 1 rings (SSSR count). The molecular formula is C11H13IO8. The van der Waals surface area contributed by atoms with E-state index >= 15 is 0 Å². The molecule has 0 aromatic carbocycles. The van der Waals surface area contributed by atoms with Crippen LogP contribution in [0.4, 0.5) is 0 Å². The topological polar surface area (TPSA) is 130 Å². The van der Waals surface area contributed by atoms with Gasteiger partial charge >= 0.3 is 11.9 Å². The van der Waals surface area contributed by atoms with Gasteiger partial charge in [-0.2, -0.15) is 0 Å². The fourth-order valence-corrected chi connectivity index (χ4v) is 1.86. The number of halogens is 1. The van der Waals surface area contributed by atoms with Crippen molar-refractivity contribution in [2.45, 2.75) is 25.4 Å². The van der Waals surface area contributed by atoms with Crippen LogP contribution in [0, 0.1) is 5.92 Å². The Bertz CT molecular complexity index is 444. The summed E-state index contributed by atoms with van der Waals surface area (Å²) in [5.74, 6) is -4.34. The standard InChI is InChI=1S/C11H13IO8/c12-20-9(16)2-1-8(15)19-4-7(14)5-3-6(13)11(18)10(5)17/h5,7,14,17-18H,1-4H2. The lowest BCUT2D eigenvalue weighted by atomic mass is 10.0. The van der Waals surface area contributed by atoms with E-state index in [0.717, 1.165) is 0 Å². The average molecular weight is 400 g/mol. The quantitative estimate of drug-likeness (QED) is 0.434. The molecule has 20 heavy (non-hydrogen) atoms. The summed E-state index contributed by atoms with van der Waals surface area (Å²) in [6.45, 7) is -0.451. The van der Waals surface area contributed by atoms with Crippen molar-refractivity contribution in [1.29, 1.82) is 0 Å². The molecule has 0 saturated heterocycles. The van der Waals surface area contributed by atoms with Gasteiger partial charge in [0, 0.05) is 6.42 Å². The molecule has 0 aromatic rings. The summed E-state index contributed by atoms with van der Waals surface area (Å²) in [6, 6.07) is 0. The van der Waals surface area contributed by atoms with Crippen LogP contribution in [0.3, 0.4) is 0 Å². The molecule has 8 nitrogen and oxygen atoms in total. The predicted molar refractivity (Wildman–Crippen MR) is 71.7 cm³/mol. The summed E-state index contributed by atoms with van der Waals surface area (Å²) in [7, 11) is 0. The second-order valence-corrected chi connectivity index (χ2v) is 4.61. The molecule has 0 heterocycles. The Labute approximate surface area is 128 Å². The van der Waals surface area contributed by atoms with Crippen molar-refractivity contribution >= 4 is 40.7 Å². The molecule has 0 fully saturated rings. The second-order valence-electron chi connectivity index (χ2n) is 4.17. The Morgan fingerprint density at radius 2 is 1.90 bits per heavy atom. The van der Waals surface area contributed by atoms with Gasteiger partial charge in [-0.05, 0) is 0 Å². The maximum absolute atomic E-state index is 11.3. The molecule has 2 atom stereocenters. The smallest absolute Gasteiger partial charge is 0.315 e. The van der Waals surface area contributed by atoms with Gasteiger partial charge in [0.05, 0.1) is 24.9 Å². The Morgan fingerprint density at radius 1 is 1.30 bits per heavy atom. The van der Waals surface area contributed by atoms with Crippen molar-refractivity contribution in [2.24, 2.45) is 5.92 Å². The van der Waals surface area contributed by atoms with E-state index in [4.69, 9.17) is 9.84 Å². The first kappa shape index (κ1) is 16.7. The second kappa shape index (κ2) is 7.43. The number of aliphatic hydroxyl groups excluding tert-OH is 3. The van der Waals surface area contributed by atoms with Crippen molar-refractivity contribution < 1.29 is 37.5 Å². The molecule has 1 aliphatic rings. The van der Waals surface area contributed by atoms with Gasteiger partial charge in [0.25, 0.3) is 0 Å². The number of ether oxygens (including phenoxy) is 1. The maximum atomic E-state index is 11.3. The Morgan fingerprint density at radius 3 is 2.40 bits per heavy atom. The normalized spacial score (nSPS) is 19.9. The minimum atomic E-state index is -1.32. The number of aliphatic hydroxyl groups is 3. The molecule has 0 radical (unpaired) electrons. The van der Waals surface area contributed by atoms with Crippen LogP contribution in [0.5, 0.6) is 0 Å². The molecule has 0 saturated carbocycles. The molecule has 0 aliphatic heterocycles. The summed E-state index contributed by atoms with van der Waals surface area (Å²) in [5.41, 5.74) is 0. The van der Waals surface area contributed by atoms with E-state index < -0.39 is 47.9 Å². The third-order valence-electron chi connectivity index (χ3n) is 2.76. The number of hydrogen-bond acceptors (Lipinski definition) is 8. The first-order chi connectivity index (χ1) is 9.36. The van der Waals surface area contributed by atoms with E-state index in [1.54, 1.807) is 0 Å². The van der Waals surface area contributed by atoms with Crippen molar-refractivity contribution in [1.82, 2.24) is 0 Å². The fourth-order valence-electron chi connectivity index (χ4n) is 1.64. The van der Waals surface area contributed by atoms with Crippen LogP contribution in [-0.2, 0) is 22.2 Å². The van der Waals surface area contributed by atoms with E-state index in [-0.39, 0.29) is 19.3 Å². The third kappa shape index (κ3) is 4.34. The minimum absolute atomic E-state index is 0.147. The van der Waals surface area contributed by atoms with Gasteiger partial charge in [0.15, 0.2) is 28.8 Å². The highest BCUT2D eigenvalue weighted by atomic mass is 127. The van der Waals surface area contributed by atoms with E-state index in [9.17, 15) is 24.6 Å². The van der Waals surface area contributed by atoms with Gasteiger partial charge in [-0.25, -0.2) is 0 Å². The lowest BCUT2D eigenvalue weighted by molar-refractivity contribution is -0.149. The zero-order chi connectivity index (χ0) is 15.3. The number of carbonyl (C=O) groups is 3. The van der Waals surface area contributed by atoms with Crippen LogP contribution < -0.4 is 0 Å². The Kier molecular flexibility index (Phi) is 6.20. The number of ketones is 1. The molecule has 9 heteroatoms. The first-order valence-electron chi connectivity index (χ1n) is 5.67. The number of rotatable bonds is 6. The molecule has 2 unspecified atom stereocenters. The average Bonchev–Trinajstić information content (AvgIpc) is 2.69. The number of carbonyl (C=O) groups excluding carboxylic acids is 3. The van der Waals surface area contributed by atoms with Gasteiger partial charge < -0.3 is 23.1 Å². The monoisotopic (exact) mass is 400 g/mol. The van der Waals surface area contributed by atoms with Gasteiger partial charge in [-0.3, -0.25) is 14.4 Å². The molecule has 0 spiro atoms. The van der Waals surface area contributed by atoms with Crippen LogP contribution >= 0.6 is 23.0 Å². The van der Waals surface area contributed by atoms with Crippen molar-refractivity contribution in [3.8, 4) is 0 Å². The summed E-state index contributed by atoms with van der Waals surface area (Å²) < 4.78 is 9.02. The highest BCUT2D eigenvalue weighted by Crippen LogP contribution is 2.28. The zero-order valence-electron chi connectivity index (χ0n) is 10.2. The van der Waals surface area contributed by atoms with E-state index in [0.29, 0.717) is 0 Å². The molecular weight excluding hydrogens is 387 g/mol. The van der Waals surface area contributed by atoms with Crippen LogP contribution in [0.2, 0.25) is 0 Å². The highest BCUT2D eigenvalue weighted by Gasteiger charge is 2.37. The SMILES string of the molecule is O=C(CCC(=O)OCC(O)C1CC(=O)C(O)=C1O)OI. The third-order valence-corrected chi connectivity index (χ3v) is 3.25. The lowest BCUT2D eigenvalue weighted by Crippen LogP contribution is -2.27. The van der Waals surface area contributed by atoms with E-state index in [1.807, 2.05) is 0 Å². The van der Waals surface area contributed by atoms with Crippen molar-refractivity contribution in [3.05, 3.63) is 11.5 Å². The number of hydrogen-bond donors (Lipinski definition) is 3. The molecule has 0 amide bonds. The number of Topliss-reactive ketones (excluding diaryl/α,β-unsaturated/α-hetero) is 1. The van der Waals surface area contributed by atoms with Crippen molar-refractivity contribution in [2.75, 3.05) is 6.61 Å². The maximum Gasteiger partial charge on any atom is 0.315 e. The van der Waals surface area contributed by atoms with Gasteiger partial charge in [-0.1, -0.05) is 0 Å². The molecule has 0 bridgehead atoms. The molecule has 3 N–H and O–H groups in total. The molecule has 112 valence electrons.